The van der Waals surface area contributed by atoms with E-state index in [1.807, 2.05) is 17.0 Å². The van der Waals surface area contributed by atoms with Gasteiger partial charge in [-0.15, -0.1) is 0 Å². The lowest BCUT2D eigenvalue weighted by Gasteiger charge is -2.16. The summed E-state index contributed by atoms with van der Waals surface area (Å²) in [5.41, 5.74) is 1.31. The van der Waals surface area contributed by atoms with E-state index in [4.69, 9.17) is 4.74 Å². The molecule has 18 heavy (non-hydrogen) atoms. The number of amides is 1. The lowest BCUT2D eigenvalue weighted by Crippen LogP contribution is -2.27. The van der Waals surface area contributed by atoms with Crippen LogP contribution in [0.1, 0.15) is 37.7 Å². The summed E-state index contributed by atoms with van der Waals surface area (Å²) in [4.78, 5) is 13.8. The van der Waals surface area contributed by atoms with Crippen LogP contribution in [0.25, 0.3) is 0 Å². The highest BCUT2D eigenvalue weighted by Gasteiger charge is 2.26. The van der Waals surface area contributed by atoms with E-state index in [2.05, 4.69) is 19.1 Å². The van der Waals surface area contributed by atoms with Crippen LogP contribution in [-0.4, -0.2) is 31.0 Å². The topological polar surface area (TPSA) is 29.5 Å². The number of hydrogen-bond donors (Lipinski definition) is 0. The van der Waals surface area contributed by atoms with Crippen molar-refractivity contribution in [3.63, 3.8) is 0 Å². The van der Waals surface area contributed by atoms with Crippen molar-refractivity contribution < 1.29 is 9.53 Å². The molecule has 3 nitrogen and oxygen atoms in total. The summed E-state index contributed by atoms with van der Waals surface area (Å²) in [6.45, 7) is 3.82. The number of ether oxygens (including phenoxy) is 1. The van der Waals surface area contributed by atoms with Crippen molar-refractivity contribution in [2.75, 3.05) is 20.2 Å². The first-order valence-electron chi connectivity index (χ1n) is 6.66. The minimum Gasteiger partial charge on any atom is -0.497 e. The van der Waals surface area contributed by atoms with Crippen LogP contribution in [0.15, 0.2) is 24.3 Å². The lowest BCUT2D eigenvalue weighted by atomic mass is 9.98. The average Bonchev–Trinajstić information content (AvgIpc) is 2.89. The SMILES string of the molecule is CCCC(=O)N1CCC(c2ccc(OC)cc2)C1. The Morgan fingerprint density at radius 3 is 2.72 bits per heavy atom. The Balaban J connectivity index is 1.97. The molecule has 1 aliphatic heterocycles. The third-order valence-electron chi connectivity index (χ3n) is 3.59. The molecular weight excluding hydrogens is 226 g/mol. The Bertz CT molecular complexity index is 399. The highest BCUT2D eigenvalue weighted by Crippen LogP contribution is 2.28. The van der Waals surface area contributed by atoms with Gasteiger partial charge in [0.15, 0.2) is 0 Å². The minimum absolute atomic E-state index is 0.300. The molecule has 1 aromatic carbocycles. The van der Waals surface area contributed by atoms with Crippen LogP contribution >= 0.6 is 0 Å². The molecule has 1 fully saturated rings. The van der Waals surface area contributed by atoms with Crippen LogP contribution < -0.4 is 4.74 Å². The molecule has 0 saturated carbocycles. The van der Waals surface area contributed by atoms with E-state index in [1.165, 1.54) is 5.56 Å². The zero-order valence-corrected chi connectivity index (χ0v) is 11.2. The Hall–Kier alpha value is -1.51. The summed E-state index contributed by atoms with van der Waals surface area (Å²) in [5, 5.41) is 0. The fourth-order valence-electron chi connectivity index (χ4n) is 2.51. The fourth-order valence-corrected chi connectivity index (χ4v) is 2.51. The Morgan fingerprint density at radius 2 is 2.11 bits per heavy atom. The fraction of sp³-hybridized carbons (Fsp3) is 0.533. The lowest BCUT2D eigenvalue weighted by molar-refractivity contribution is -0.130. The predicted molar refractivity (Wildman–Crippen MR) is 71.8 cm³/mol. The molecule has 0 spiro atoms. The Kier molecular flexibility index (Phi) is 4.24. The summed E-state index contributed by atoms with van der Waals surface area (Å²) in [6.07, 6.45) is 2.68. The molecule has 98 valence electrons. The van der Waals surface area contributed by atoms with E-state index in [0.29, 0.717) is 18.2 Å². The van der Waals surface area contributed by atoms with Gasteiger partial charge in [-0.2, -0.15) is 0 Å². The number of likely N-dealkylation sites (tertiary alicyclic amines) is 1. The molecule has 1 aliphatic rings. The van der Waals surface area contributed by atoms with E-state index in [9.17, 15) is 4.79 Å². The number of hydrogen-bond acceptors (Lipinski definition) is 2. The van der Waals surface area contributed by atoms with Crippen molar-refractivity contribution in [3.8, 4) is 5.75 Å². The molecule has 1 saturated heterocycles. The van der Waals surface area contributed by atoms with Gasteiger partial charge in [-0.25, -0.2) is 0 Å². The number of benzene rings is 1. The Morgan fingerprint density at radius 1 is 1.39 bits per heavy atom. The zero-order valence-electron chi connectivity index (χ0n) is 11.2. The van der Waals surface area contributed by atoms with Crippen LogP contribution in [0, 0.1) is 0 Å². The maximum Gasteiger partial charge on any atom is 0.222 e. The van der Waals surface area contributed by atoms with Gasteiger partial charge in [0.1, 0.15) is 5.75 Å². The molecule has 0 N–H and O–H groups in total. The van der Waals surface area contributed by atoms with Crippen LogP contribution in [-0.2, 0) is 4.79 Å². The number of nitrogens with zero attached hydrogens (tertiary/aromatic N) is 1. The quantitative estimate of drug-likeness (QED) is 0.818. The van der Waals surface area contributed by atoms with E-state index in [-0.39, 0.29) is 0 Å². The molecule has 2 rings (SSSR count). The number of rotatable bonds is 4. The van der Waals surface area contributed by atoms with Gasteiger partial charge in [-0.1, -0.05) is 19.1 Å². The summed E-state index contributed by atoms with van der Waals surface area (Å²) in [6, 6.07) is 8.20. The maximum absolute atomic E-state index is 11.8. The van der Waals surface area contributed by atoms with Crippen LogP contribution in [0.4, 0.5) is 0 Å². The minimum atomic E-state index is 0.300. The highest BCUT2D eigenvalue weighted by molar-refractivity contribution is 5.76. The molecule has 1 unspecified atom stereocenters. The number of carbonyl (C=O) groups excluding carboxylic acids is 1. The van der Waals surface area contributed by atoms with Crippen molar-refractivity contribution in [1.82, 2.24) is 4.90 Å². The summed E-state index contributed by atoms with van der Waals surface area (Å²) in [5.74, 6) is 1.67. The standard InChI is InChI=1S/C15H21NO2/c1-3-4-15(17)16-10-9-13(11-16)12-5-7-14(18-2)8-6-12/h5-8,13H,3-4,9-11H2,1-2H3. The molecular formula is C15H21NO2. The molecule has 0 aromatic heterocycles. The van der Waals surface area contributed by atoms with Gasteiger partial charge < -0.3 is 9.64 Å². The van der Waals surface area contributed by atoms with E-state index >= 15 is 0 Å². The monoisotopic (exact) mass is 247 g/mol. The first kappa shape index (κ1) is 12.9. The molecule has 0 bridgehead atoms. The van der Waals surface area contributed by atoms with Crippen molar-refractivity contribution in [3.05, 3.63) is 29.8 Å². The van der Waals surface area contributed by atoms with Gasteiger partial charge in [-0.05, 0) is 30.5 Å². The molecule has 0 aliphatic carbocycles. The van der Waals surface area contributed by atoms with Gasteiger partial charge >= 0.3 is 0 Å². The first-order chi connectivity index (χ1) is 8.74. The molecule has 3 heteroatoms. The molecule has 1 aromatic rings. The smallest absolute Gasteiger partial charge is 0.222 e. The van der Waals surface area contributed by atoms with E-state index in [0.717, 1.165) is 31.7 Å². The number of methoxy groups -OCH3 is 1. The summed E-state index contributed by atoms with van der Waals surface area (Å²) in [7, 11) is 1.68. The summed E-state index contributed by atoms with van der Waals surface area (Å²) < 4.78 is 5.16. The van der Waals surface area contributed by atoms with Crippen LogP contribution in [0.2, 0.25) is 0 Å². The maximum atomic E-state index is 11.8. The Labute approximate surface area is 109 Å². The van der Waals surface area contributed by atoms with Gasteiger partial charge in [0.05, 0.1) is 7.11 Å². The molecule has 1 atom stereocenters. The zero-order chi connectivity index (χ0) is 13.0. The summed E-state index contributed by atoms with van der Waals surface area (Å²) >= 11 is 0. The van der Waals surface area contributed by atoms with E-state index < -0.39 is 0 Å². The van der Waals surface area contributed by atoms with Gasteiger partial charge in [0.25, 0.3) is 0 Å². The second-order valence-electron chi connectivity index (χ2n) is 4.85. The molecule has 1 amide bonds. The van der Waals surface area contributed by atoms with Gasteiger partial charge in [0, 0.05) is 25.4 Å². The number of carbonyl (C=O) groups is 1. The molecule has 0 radical (unpaired) electrons. The van der Waals surface area contributed by atoms with Crippen LogP contribution in [0.5, 0.6) is 5.75 Å². The van der Waals surface area contributed by atoms with Gasteiger partial charge in [0.2, 0.25) is 5.91 Å². The third kappa shape index (κ3) is 2.84. The first-order valence-corrected chi connectivity index (χ1v) is 6.66. The van der Waals surface area contributed by atoms with Crippen molar-refractivity contribution in [1.29, 1.82) is 0 Å². The van der Waals surface area contributed by atoms with Crippen molar-refractivity contribution >= 4 is 5.91 Å². The average molecular weight is 247 g/mol. The highest BCUT2D eigenvalue weighted by atomic mass is 16.5. The van der Waals surface area contributed by atoms with Crippen molar-refractivity contribution in [2.45, 2.75) is 32.1 Å². The van der Waals surface area contributed by atoms with Crippen molar-refractivity contribution in [2.24, 2.45) is 0 Å². The normalized spacial score (nSPS) is 19.0. The second kappa shape index (κ2) is 5.89. The van der Waals surface area contributed by atoms with Crippen LogP contribution in [0.3, 0.4) is 0 Å². The second-order valence-corrected chi connectivity index (χ2v) is 4.85. The predicted octanol–water partition coefficient (Wildman–Crippen LogP) is 2.81. The third-order valence-corrected chi connectivity index (χ3v) is 3.59. The molecule has 1 heterocycles. The largest absolute Gasteiger partial charge is 0.497 e. The van der Waals surface area contributed by atoms with E-state index in [1.54, 1.807) is 7.11 Å². The van der Waals surface area contributed by atoms with Gasteiger partial charge in [-0.3, -0.25) is 4.79 Å².